The number of anilines is 1. The Morgan fingerprint density at radius 2 is 1.61 bits per heavy atom. The van der Waals surface area contributed by atoms with Gasteiger partial charge < -0.3 is 14.8 Å². The Morgan fingerprint density at radius 1 is 0.879 bits per heavy atom. The van der Waals surface area contributed by atoms with E-state index < -0.39 is 10.0 Å². The van der Waals surface area contributed by atoms with Gasteiger partial charge in [0, 0.05) is 37.2 Å². The molecule has 0 saturated carbocycles. The van der Waals surface area contributed by atoms with Gasteiger partial charge in [-0.25, -0.2) is 8.42 Å². The lowest BCUT2D eigenvalue weighted by Crippen LogP contribution is -2.41. The van der Waals surface area contributed by atoms with E-state index in [0.29, 0.717) is 61.2 Å². The van der Waals surface area contributed by atoms with Gasteiger partial charge >= 0.3 is 0 Å². The lowest BCUT2D eigenvalue weighted by atomic mass is 9.92. The molecule has 33 heavy (non-hydrogen) atoms. The number of hydrogen-bond acceptors (Lipinski definition) is 5. The second-order valence-corrected chi connectivity index (χ2v) is 11.0. The summed E-state index contributed by atoms with van der Waals surface area (Å²) in [5.41, 5.74) is 3.09. The predicted octanol–water partition coefficient (Wildman–Crippen LogP) is 3.77. The molecule has 0 unspecified atom stereocenters. The fourth-order valence-electron chi connectivity index (χ4n) is 4.86. The van der Waals surface area contributed by atoms with Crippen molar-refractivity contribution in [1.82, 2.24) is 4.31 Å². The highest BCUT2D eigenvalue weighted by molar-refractivity contribution is 7.89. The fraction of sp³-hybridized carbons (Fsp3) is 0.480. The molecule has 1 aliphatic carbocycles. The lowest BCUT2D eigenvalue weighted by Gasteiger charge is -2.31. The van der Waals surface area contributed by atoms with Crippen LogP contribution in [-0.4, -0.2) is 44.9 Å². The van der Waals surface area contributed by atoms with E-state index in [-0.39, 0.29) is 11.8 Å². The van der Waals surface area contributed by atoms with Gasteiger partial charge in [-0.05, 0) is 73.9 Å². The number of carbonyl (C=O) groups is 1. The monoisotopic (exact) mass is 470 g/mol. The number of sulfonamides is 1. The van der Waals surface area contributed by atoms with Crippen LogP contribution < -0.4 is 14.8 Å². The third kappa shape index (κ3) is 4.73. The van der Waals surface area contributed by atoms with E-state index in [1.807, 2.05) is 18.2 Å². The molecule has 0 aromatic heterocycles. The van der Waals surface area contributed by atoms with Gasteiger partial charge in [0.15, 0.2) is 11.5 Å². The number of rotatable bonds is 4. The first-order chi connectivity index (χ1) is 16.0. The van der Waals surface area contributed by atoms with Crippen molar-refractivity contribution in [3.8, 4) is 11.5 Å². The molecule has 0 spiro atoms. The summed E-state index contributed by atoms with van der Waals surface area (Å²) in [5.74, 6) is 1.01. The molecule has 1 saturated heterocycles. The van der Waals surface area contributed by atoms with Crippen LogP contribution >= 0.6 is 0 Å². The van der Waals surface area contributed by atoms with Crippen LogP contribution in [0.1, 0.15) is 43.2 Å². The van der Waals surface area contributed by atoms with Crippen molar-refractivity contribution in [2.75, 3.05) is 31.6 Å². The third-order valence-electron chi connectivity index (χ3n) is 6.80. The second kappa shape index (κ2) is 9.35. The average Bonchev–Trinajstić information content (AvgIpc) is 3.09. The van der Waals surface area contributed by atoms with Crippen LogP contribution in [0.4, 0.5) is 5.69 Å². The van der Waals surface area contributed by atoms with Gasteiger partial charge in [0.1, 0.15) is 0 Å². The molecule has 3 aliphatic rings. The number of ether oxygens (including phenoxy) is 2. The molecule has 2 aromatic carbocycles. The number of fused-ring (bicyclic) bond motifs is 2. The van der Waals surface area contributed by atoms with Crippen LogP contribution in [-0.2, 0) is 27.7 Å². The Morgan fingerprint density at radius 3 is 2.39 bits per heavy atom. The van der Waals surface area contributed by atoms with Crippen molar-refractivity contribution in [2.24, 2.45) is 5.92 Å². The minimum Gasteiger partial charge on any atom is -0.490 e. The summed E-state index contributed by atoms with van der Waals surface area (Å²) in [5, 5.41) is 2.96. The van der Waals surface area contributed by atoms with Crippen LogP contribution in [0.5, 0.6) is 11.5 Å². The summed E-state index contributed by atoms with van der Waals surface area (Å²) < 4.78 is 39.3. The predicted molar refractivity (Wildman–Crippen MR) is 125 cm³/mol. The molecule has 2 aliphatic heterocycles. The van der Waals surface area contributed by atoms with E-state index in [9.17, 15) is 13.2 Å². The van der Waals surface area contributed by atoms with Crippen molar-refractivity contribution in [3.05, 3.63) is 47.5 Å². The van der Waals surface area contributed by atoms with Gasteiger partial charge in [-0.2, -0.15) is 4.31 Å². The van der Waals surface area contributed by atoms with Crippen molar-refractivity contribution in [1.29, 1.82) is 0 Å². The van der Waals surface area contributed by atoms with Gasteiger partial charge in [0.05, 0.1) is 18.1 Å². The second-order valence-electron chi connectivity index (χ2n) is 9.02. The molecule has 5 rings (SSSR count). The molecule has 8 heteroatoms. The molecule has 2 aromatic rings. The smallest absolute Gasteiger partial charge is 0.243 e. The highest BCUT2D eigenvalue weighted by Crippen LogP contribution is 2.33. The zero-order chi connectivity index (χ0) is 22.8. The maximum Gasteiger partial charge on any atom is 0.243 e. The van der Waals surface area contributed by atoms with E-state index in [1.54, 1.807) is 18.2 Å². The number of piperidine rings is 1. The number of nitrogens with one attached hydrogen (secondary N) is 1. The molecule has 0 radical (unpaired) electrons. The summed E-state index contributed by atoms with van der Waals surface area (Å²) in [6.07, 6.45) is 6.08. The van der Waals surface area contributed by atoms with Crippen LogP contribution in [0.2, 0.25) is 0 Å². The largest absolute Gasteiger partial charge is 0.490 e. The number of nitrogens with zero attached hydrogens (tertiary/aromatic N) is 1. The Kier molecular flexibility index (Phi) is 6.29. The molecule has 0 bridgehead atoms. The quantitative estimate of drug-likeness (QED) is 0.735. The molecule has 176 valence electrons. The fourth-order valence-corrected chi connectivity index (χ4v) is 6.38. The summed E-state index contributed by atoms with van der Waals surface area (Å²) in [7, 11) is -3.55. The van der Waals surface area contributed by atoms with Crippen LogP contribution in [0, 0.1) is 5.92 Å². The number of amides is 1. The Hall–Kier alpha value is -2.58. The van der Waals surface area contributed by atoms with Gasteiger partial charge in [-0.1, -0.05) is 6.07 Å². The van der Waals surface area contributed by atoms with E-state index in [1.165, 1.54) is 16.3 Å². The standard InChI is InChI=1S/C25H30N2O5S/c28-25(26-21-7-9-23-24(17-21)32-15-3-14-31-23)19-10-12-27(13-11-19)33(29,30)22-8-6-18-4-1-2-5-20(18)16-22/h6-9,16-17,19H,1-5,10-15H2,(H,26,28). The number of benzene rings is 2. The van der Waals surface area contributed by atoms with Crippen molar-refractivity contribution < 1.29 is 22.7 Å². The number of carbonyl (C=O) groups excluding carboxylic acids is 1. The minimum absolute atomic E-state index is 0.0877. The molecule has 0 atom stereocenters. The van der Waals surface area contributed by atoms with Crippen molar-refractivity contribution >= 4 is 21.6 Å². The first-order valence-electron chi connectivity index (χ1n) is 11.8. The minimum atomic E-state index is -3.55. The first-order valence-corrected chi connectivity index (χ1v) is 13.3. The third-order valence-corrected chi connectivity index (χ3v) is 8.69. The maximum absolute atomic E-state index is 13.2. The van der Waals surface area contributed by atoms with Gasteiger partial charge in [-0.15, -0.1) is 0 Å². The molecule has 1 N–H and O–H groups in total. The van der Waals surface area contributed by atoms with Crippen LogP contribution in [0.3, 0.4) is 0 Å². The van der Waals surface area contributed by atoms with Gasteiger partial charge in [0.25, 0.3) is 0 Å². The van der Waals surface area contributed by atoms with E-state index in [4.69, 9.17) is 9.47 Å². The van der Waals surface area contributed by atoms with Gasteiger partial charge in [-0.3, -0.25) is 4.79 Å². The van der Waals surface area contributed by atoms with E-state index in [0.717, 1.165) is 31.2 Å². The number of aryl methyl sites for hydroxylation is 2. The Bertz CT molecular complexity index is 1140. The molecule has 1 amide bonds. The first kappa shape index (κ1) is 22.2. The normalized spacial score (nSPS) is 19.4. The van der Waals surface area contributed by atoms with E-state index >= 15 is 0 Å². The lowest BCUT2D eigenvalue weighted by molar-refractivity contribution is -0.120. The molecule has 7 nitrogen and oxygen atoms in total. The highest BCUT2D eigenvalue weighted by atomic mass is 32.2. The SMILES string of the molecule is O=C(Nc1ccc2c(c1)OCCCO2)C1CCN(S(=O)(=O)c2ccc3c(c2)CCCC3)CC1. The zero-order valence-corrected chi connectivity index (χ0v) is 19.5. The average molecular weight is 471 g/mol. The van der Waals surface area contributed by atoms with Crippen molar-refractivity contribution in [2.45, 2.75) is 49.8 Å². The Balaban J connectivity index is 1.21. The summed E-state index contributed by atoms with van der Waals surface area (Å²) in [6, 6.07) is 11.0. The van der Waals surface area contributed by atoms with Crippen molar-refractivity contribution in [3.63, 3.8) is 0 Å². The summed E-state index contributed by atoms with van der Waals surface area (Å²) >= 11 is 0. The molecular formula is C25H30N2O5S. The summed E-state index contributed by atoms with van der Waals surface area (Å²) in [6.45, 7) is 1.89. The van der Waals surface area contributed by atoms with Crippen LogP contribution in [0.15, 0.2) is 41.3 Å². The highest BCUT2D eigenvalue weighted by Gasteiger charge is 2.32. The zero-order valence-electron chi connectivity index (χ0n) is 18.7. The molecule has 2 heterocycles. The number of hydrogen-bond donors (Lipinski definition) is 1. The summed E-state index contributed by atoms with van der Waals surface area (Å²) in [4.78, 5) is 13.2. The van der Waals surface area contributed by atoms with E-state index in [2.05, 4.69) is 5.32 Å². The maximum atomic E-state index is 13.2. The van der Waals surface area contributed by atoms with Crippen LogP contribution in [0.25, 0.3) is 0 Å². The molecular weight excluding hydrogens is 440 g/mol. The topological polar surface area (TPSA) is 84.9 Å². The Labute approximate surface area is 195 Å². The molecule has 1 fully saturated rings. The van der Waals surface area contributed by atoms with Gasteiger partial charge in [0.2, 0.25) is 15.9 Å².